The molecule has 0 aromatic carbocycles. The molecule has 1 atom stereocenters. The van der Waals surface area contributed by atoms with E-state index < -0.39 is 6.04 Å². The average molecular weight is 326 g/mol. The third kappa shape index (κ3) is 7.34. The third-order valence-electron chi connectivity index (χ3n) is 4.60. The fourth-order valence-corrected chi connectivity index (χ4v) is 2.97. The first-order valence-electron chi connectivity index (χ1n) is 9.11. The number of ether oxygens (including phenoxy) is 1. The van der Waals surface area contributed by atoms with Gasteiger partial charge in [-0.15, -0.1) is 0 Å². The Morgan fingerprint density at radius 1 is 1.17 bits per heavy atom. The van der Waals surface area contributed by atoms with Gasteiger partial charge in [0.1, 0.15) is 6.04 Å². The first kappa shape index (κ1) is 19.9. The minimum atomic E-state index is -0.450. The van der Waals surface area contributed by atoms with Crippen LogP contribution in [0.15, 0.2) is 0 Å². The summed E-state index contributed by atoms with van der Waals surface area (Å²) < 4.78 is 5.25. The predicted molar refractivity (Wildman–Crippen MR) is 92.0 cm³/mol. The van der Waals surface area contributed by atoms with Crippen molar-refractivity contribution >= 4 is 11.8 Å². The maximum atomic E-state index is 12.4. The van der Waals surface area contributed by atoms with E-state index in [2.05, 4.69) is 17.6 Å². The Bertz CT molecular complexity index is 363. The Balaban J connectivity index is 2.41. The van der Waals surface area contributed by atoms with Crippen LogP contribution in [0.1, 0.15) is 59.8 Å². The Kier molecular flexibility index (Phi) is 9.22. The molecule has 1 saturated carbocycles. The van der Waals surface area contributed by atoms with E-state index in [0.717, 1.165) is 32.1 Å². The summed E-state index contributed by atoms with van der Waals surface area (Å²) in [5.41, 5.74) is 0. The molecular formula is C18H34N2O3. The number of carbonyl (C=O) groups excluding carboxylic acids is 2. The number of hydrogen-bond acceptors (Lipinski definition) is 3. The van der Waals surface area contributed by atoms with Crippen LogP contribution < -0.4 is 10.6 Å². The van der Waals surface area contributed by atoms with E-state index in [-0.39, 0.29) is 23.7 Å². The SMILES string of the molecule is CCOCCCNC(=O)[C@H](NC(=O)C1CCC(C)CC1)C(C)C. The van der Waals surface area contributed by atoms with Crippen molar-refractivity contribution in [2.45, 2.75) is 65.8 Å². The molecule has 2 N–H and O–H groups in total. The second kappa shape index (κ2) is 10.6. The molecule has 1 aliphatic carbocycles. The van der Waals surface area contributed by atoms with Crippen molar-refractivity contribution in [1.82, 2.24) is 10.6 Å². The molecule has 0 aromatic heterocycles. The lowest BCUT2D eigenvalue weighted by Crippen LogP contribution is -2.51. The third-order valence-corrected chi connectivity index (χ3v) is 4.60. The quantitative estimate of drug-likeness (QED) is 0.640. The van der Waals surface area contributed by atoms with Crippen molar-refractivity contribution in [3.63, 3.8) is 0 Å². The van der Waals surface area contributed by atoms with E-state index in [1.165, 1.54) is 0 Å². The molecule has 134 valence electrons. The molecule has 0 saturated heterocycles. The van der Waals surface area contributed by atoms with Crippen LogP contribution in [-0.4, -0.2) is 37.6 Å². The van der Waals surface area contributed by atoms with Gasteiger partial charge in [0, 0.05) is 25.7 Å². The summed E-state index contributed by atoms with van der Waals surface area (Å²) in [5, 5.41) is 5.88. The first-order valence-corrected chi connectivity index (χ1v) is 9.11. The normalized spacial score (nSPS) is 22.7. The number of rotatable bonds is 9. The van der Waals surface area contributed by atoms with Gasteiger partial charge in [-0.05, 0) is 50.9 Å². The maximum Gasteiger partial charge on any atom is 0.242 e. The van der Waals surface area contributed by atoms with Gasteiger partial charge < -0.3 is 15.4 Å². The van der Waals surface area contributed by atoms with Gasteiger partial charge in [-0.25, -0.2) is 0 Å². The van der Waals surface area contributed by atoms with E-state index in [4.69, 9.17) is 4.74 Å². The Morgan fingerprint density at radius 2 is 1.83 bits per heavy atom. The smallest absolute Gasteiger partial charge is 0.242 e. The molecule has 2 amide bonds. The molecule has 1 aliphatic rings. The molecule has 23 heavy (non-hydrogen) atoms. The van der Waals surface area contributed by atoms with Crippen LogP contribution in [0.2, 0.25) is 0 Å². The highest BCUT2D eigenvalue weighted by molar-refractivity contribution is 5.88. The van der Waals surface area contributed by atoms with Crippen LogP contribution in [-0.2, 0) is 14.3 Å². The fourth-order valence-electron chi connectivity index (χ4n) is 2.97. The summed E-state index contributed by atoms with van der Waals surface area (Å²) in [7, 11) is 0. The zero-order valence-electron chi connectivity index (χ0n) is 15.2. The number of amides is 2. The van der Waals surface area contributed by atoms with Crippen LogP contribution in [0, 0.1) is 17.8 Å². The van der Waals surface area contributed by atoms with Gasteiger partial charge in [-0.2, -0.15) is 0 Å². The van der Waals surface area contributed by atoms with Gasteiger partial charge in [-0.1, -0.05) is 20.8 Å². The van der Waals surface area contributed by atoms with E-state index in [1.54, 1.807) is 0 Å². The van der Waals surface area contributed by atoms with Gasteiger partial charge in [0.15, 0.2) is 0 Å². The standard InChI is InChI=1S/C18H34N2O3/c1-5-23-12-6-11-19-18(22)16(13(2)3)20-17(21)15-9-7-14(4)8-10-15/h13-16H,5-12H2,1-4H3,(H,19,22)(H,20,21)/t14?,15?,16-/m1/s1. The zero-order chi connectivity index (χ0) is 17.2. The van der Waals surface area contributed by atoms with Crippen molar-refractivity contribution in [2.24, 2.45) is 17.8 Å². The minimum Gasteiger partial charge on any atom is -0.382 e. The topological polar surface area (TPSA) is 67.4 Å². The molecule has 1 rings (SSSR count). The van der Waals surface area contributed by atoms with E-state index >= 15 is 0 Å². The molecular weight excluding hydrogens is 292 g/mol. The lowest BCUT2D eigenvalue weighted by molar-refractivity contribution is -0.132. The fraction of sp³-hybridized carbons (Fsp3) is 0.889. The summed E-state index contributed by atoms with van der Waals surface area (Å²) >= 11 is 0. The van der Waals surface area contributed by atoms with Crippen molar-refractivity contribution in [1.29, 1.82) is 0 Å². The van der Waals surface area contributed by atoms with Crippen molar-refractivity contribution < 1.29 is 14.3 Å². The second-order valence-electron chi connectivity index (χ2n) is 7.03. The van der Waals surface area contributed by atoms with Gasteiger partial charge in [0.05, 0.1) is 0 Å². The van der Waals surface area contributed by atoms with Gasteiger partial charge in [0.2, 0.25) is 11.8 Å². The molecule has 0 radical (unpaired) electrons. The van der Waals surface area contributed by atoms with Crippen molar-refractivity contribution in [3.05, 3.63) is 0 Å². The van der Waals surface area contributed by atoms with E-state index in [1.807, 2.05) is 20.8 Å². The lowest BCUT2D eigenvalue weighted by Gasteiger charge is -2.28. The van der Waals surface area contributed by atoms with Crippen LogP contribution in [0.25, 0.3) is 0 Å². The van der Waals surface area contributed by atoms with Crippen molar-refractivity contribution in [3.8, 4) is 0 Å². The first-order chi connectivity index (χ1) is 11.0. The zero-order valence-corrected chi connectivity index (χ0v) is 15.2. The number of carbonyl (C=O) groups is 2. The highest BCUT2D eigenvalue weighted by Gasteiger charge is 2.29. The Morgan fingerprint density at radius 3 is 2.39 bits per heavy atom. The summed E-state index contributed by atoms with van der Waals surface area (Å²) in [5.74, 6) is 0.814. The highest BCUT2D eigenvalue weighted by atomic mass is 16.5. The summed E-state index contributed by atoms with van der Waals surface area (Å²) in [4.78, 5) is 24.7. The lowest BCUT2D eigenvalue weighted by atomic mass is 9.82. The molecule has 0 spiro atoms. The van der Waals surface area contributed by atoms with Gasteiger partial charge in [0.25, 0.3) is 0 Å². The Hall–Kier alpha value is -1.10. The number of nitrogens with one attached hydrogen (secondary N) is 2. The highest BCUT2D eigenvalue weighted by Crippen LogP contribution is 2.28. The molecule has 5 nitrogen and oxygen atoms in total. The summed E-state index contributed by atoms with van der Waals surface area (Å²) in [6.45, 7) is 10.0. The molecule has 0 aromatic rings. The van der Waals surface area contributed by atoms with Crippen LogP contribution in [0.3, 0.4) is 0 Å². The average Bonchev–Trinajstić information content (AvgIpc) is 2.52. The predicted octanol–water partition coefficient (Wildman–Crippen LogP) is 2.50. The Labute approximate surface area is 140 Å². The second-order valence-corrected chi connectivity index (χ2v) is 7.03. The van der Waals surface area contributed by atoms with E-state index in [0.29, 0.717) is 25.7 Å². The molecule has 0 heterocycles. The largest absolute Gasteiger partial charge is 0.382 e. The molecule has 0 bridgehead atoms. The summed E-state index contributed by atoms with van der Waals surface area (Å²) in [6, 6.07) is -0.450. The molecule has 0 aliphatic heterocycles. The van der Waals surface area contributed by atoms with Crippen LogP contribution in [0.4, 0.5) is 0 Å². The minimum absolute atomic E-state index is 0.0417. The molecule has 5 heteroatoms. The van der Waals surface area contributed by atoms with E-state index in [9.17, 15) is 9.59 Å². The van der Waals surface area contributed by atoms with Crippen molar-refractivity contribution in [2.75, 3.05) is 19.8 Å². The van der Waals surface area contributed by atoms with Crippen LogP contribution >= 0.6 is 0 Å². The summed E-state index contributed by atoms with van der Waals surface area (Å²) in [6.07, 6.45) is 4.88. The maximum absolute atomic E-state index is 12.4. The van der Waals surface area contributed by atoms with Gasteiger partial charge >= 0.3 is 0 Å². The molecule has 0 unspecified atom stereocenters. The monoisotopic (exact) mass is 326 g/mol. The number of hydrogen-bond donors (Lipinski definition) is 2. The van der Waals surface area contributed by atoms with Gasteiger partial charge in [-0.3, -0.25) is 9.59 Å². The molecule has 1 fully saturated rings. The van der Waals surface area contributed by atoms with Crippen LogP contribution in [0.5, 0.6) is 0 Å².